The van der Waals surface area contributed by atoms with Crippen LogP contribution in [0.15, 0.2) is 36.9 Å². The Labute approximate surface area is 204 Å². The van der Waals surface area contributed by atoms with Crippen molar-refractivity contribution in [3.63, 3.8) is 0 Å². The summed E-state index contributed by atoms with van der Waals surface area (Å²) >= 11 is 6.32. The molecule has 9 heteroatoms. The van der Waals surface area contributed by atoms with E-state index in [1.54, 1.807) is 18.2 Å². The van der Waals surface area contributed by atoms with Crippen molar-refractivity contribution in [1.82, 2.24) is 19.9 Å². The van der Waals surface area contributed by atoms with Gasteiger partial charge in [-0.15, -0.1) is 0 Å². The number of piperidine rings is 1. The molecule has 1 aromatic carbocycles. The van der Waals surface area contributed by atoms with Gasteiger partial charge >= 0.3 is 0 Å². The lowest BCUT2D eigenvalue weighted by Crippen LogP contribution is -2.47. The molecule has 174 valence electrons. The predicted octanol–water partition coefficient (Wildman–Crippen LogP) is 4.98. The van der Waals surface area contributed by atoms with Crippen LogP contribution in [0.3, 0.4) is 0 Å². The summed E-state index contributed by atoms with van der Waals surface area (Å²) in [5.74, 6) is 2.03. The lowest BCUT2D eigenvalue weighted by Gasteiger charge is -2.38. The van der Waals surface area contributed by atoms with Gasteiger partial charge in [-0.25, -0.2) is 19.9 Å². The molecule has 2 saturated heterocycles. The predicted molar refractivity (Wildman–Crippen MR) is 131 cm³/mol. The lowest BCUT2D eigenvalue weighted by molar-refractivity contribution is 0.142. The lowest BCUT2D eigenvalue weighted by atomic mass is 10.00. The number of aryl methyl sites for hydroxylation is 1. The van der Waals surface area contributed by atoms with Crippen molar-refractivity contribution in [2.24, 2.45) is 0 Å². The first kappa shape index (κ1) is 22.4. The molecule has 8 nitrogen and oxygen atoms in total. The Balaban J connectivity index is 1.29. The molecule has 0 aliphatic carbocycles. The molecule has 2 aromatic heterocycles. The number of aromatic nitrogens is 4. The van der Waals surface area contributed by atoms with E-state index in [0.717, 1.165) is 49.2 Å². The van der Waals surface area contributed by atoms with E-state index in [4.69, 9.17) is 21.6 Å². The molecule has 2 atom stereocenters. The zero-order chi connectivity index (χ0) is 23.7. The maximum atomic E-state index is 9.05. The molecule has 34 heavy (non-hydrogen) atoms. The van der Waals surface area contributed by atoms with Crippen LogP contribution in [0.4, 0.5) is 17.5 Å². The molecule has 0 saturated carbocycles. The fraction of sp³-hybridized carbons (Fsp3) is 0.400. The first-order valence-corrected chi connectivity index (χ1v) is 12.0. The first-order chi connectivity index (χ1) is 16.6. The Kier molecular flexibility index (Phi) is 6.20. The molecule has 2 bridgehead atoms. The summed E-state index contributed by atoms with van der Waals surface area (Å²) in [7, 11) is 0. The zero-order valence-corrected chi connectivity index (χ0v) is 20.0. The van der Waals surface area contributed by atoms with Crippen molar-refractivity contribution in [1.29, 1.82) is 5.26 Å². The Morgan fingerprint density at radius 1 is 1.15 bits per heavy atom. The molecule has 3 aromatic rings. The van der Waals surface area contributed by atoms with Crippen LogP contribution in [0, 0.1) is 18.3 Å². The van der Waals surface area contributed by atoms with Crippen LogP contribution >= 0.6 is 11.6 Å². The van der Waals surface area contributed by atoms with E-state index in [-0.39, 0.29) is 6.10 Å². The van der Waals surface area contributed by atoms with Crippen molar-refractivity contribution in [3.05, 3.63) is 58.6 Å². The van der Waals surface area contributed by atoms with Gasteiger partial charge < -0.3 is 15.0 Å². The molecule has 5 rings (SSSR count). The smallest absolute Gasteiger partial charge is 0.225 e. The summed E-state index contributed by atoms with van der Waals surface area (Å²) in [5.41, 5.74) is 3.15. The maximum Gasteiger partial charge on any atom is 0.225 e. The van der Waals surface area contributed by atoms with Crippen LogP contribution in [0.25, 0.3) is 0 Å². The van der Waals surface area contributed by atoms with Gasteiger partial charge in [0.1, 0.15) is 18.2 Å². The highest BCUT2D eigenvalue weighted by molar-refractivity contribution is 6.33. The van der Waals surface area contributed by atoms with Gasteiger partial charge in [-0.3, -0.25) is 0 Å². The highest BCUT2D eigenvalue weighted by atomic mass is 35.5. The third-order valence-electron chi connectivity index (χ3n) is 6.69. The van der Waals surface area contributed by atoms with Gasteiger partial charge in [-0.1, -0.05) is 18.5 Å². The Bertz CT molecular complexity index is 1210. The standard InChI is InChI=1S/C25H26ClN7O/c1-3-16-12-28-25(29-13-16)33-18-5-6-19(33)10-20(9-18)34-24-15(2)23(30-14-31-24)32-22-7-4-17(11-27)8-21(22)26/h4,7-8,12-14,18-20H,3,5-6,9-10H2,1-2H3,(H,30,31,32). The molecule has 1 N–H and O–H groups in total. The number of hydrogen-bond donors (Lipinski definition) is 1. The minimum absolute atomic E-state index is 0.0728. The van der Waals surface area contributed by atoms with E-state index in [1.807, 2.05) is 19.3 Å². The van der Waals surface area contributed by atoms with Crippen molar-refractivity contribution in [2.45, 2.75) is 64.1 Å². The molecule has 4 heterocycles. The average molecular weight is 476 g/mol. The summed E-state index contributed by atoms with van der Waals surface area (Å²) in [6.45, 7) is 4.04. The van der Waals surface area contributed by atoms with Crippen LogP contribution in [-0.2, 0) is 6.42 Å². The molecule has 2 aliphatic heterocycles. The quantitative estimate of drug-likeness (QED) is 0.532. The Morgan fingerprint density at radius 2 is 1.88 bits per heavy atom. The number of nitrogens with one attached hydrogen (secondary N) is 1. The van der Waals surface area contributed by atoms with Crippen molar-refractivity contribution in [3.8, 4) is 11.9 Å². The fourth-order valence-electron chi connectivity index (χ4n) is 4.86. The molecule has 0 amide bonds. The Hall–Kier alpha value is -3.44. The van der Waals surface area contributed by atoms with E-state index in [2.05, 4.69) is 43.1 Å². The summed E-state index contributed by atoms with van der Waals surface area (Å²) in [6.07, 6.45) is 10.4. The van der Waals surface area contributed by atoms with Crippen LogP contribution in [0.2, 0.25) is 5.02 Å². The van der Waals surface area contributed by atoms with Gasteiger partial charge in [0.05, 0.1) is 27.9 Å². The van der Waals surface area contributed by atoms with E-state index >= 15 is 0 Å². The number of rotatable bonds is 6. The van der Waals surface area contributed by atoms with Crippen LogP contribution in [-0.4, -0.2) is 38.1 Å². The second-order valence-corrected chi connectivity index (χ2v) is 9.24. The molecule has 2 unspecified atom stereocenters. The summed E-state index contributed by atoms with van der Waals surface area (Å²) in [6, 6.07) is 7.93. The second kappa shape index (κ2) is 9.43. The maximum absolute atomic E-state index is 9.05. The number of fused-ring (bicyclic) bond motifs is 2. The number of nitriles is 1. The van der Waals surface area contributed by atoms with Crippen molar-refractivity contribution < 1.29 is 4.74 Å². The average Bonchev–Trinajstić information content (AvgIpc) is 3.12. The number of hydrogen-bond acceptors (Lipinski definition) is 8. The van der Waals surface area contributed by atoms with Gasteiger partial charge in [0, 0.05) is 37.3 Å². The molecule has 2 aliphatic rings. The SMILES string of the molecule is CCc1cnc(N2C3CCC2CC(Oc2ncnc(Nc4ccc(C#N)cc4Cl)c2C)C3)nc1. The van der Waals surface area contributed by atoms with Gasteiger partial charge in [-0.2, -0.15) is 5.26 Å². The normalized spacial score (nSPS) is 21.2. The monoisotopic (exact) mass is 475 g/mol. The molecule has 0 radical (unpaired) electrons. The number of ether oxygens (including phenoxy) is 1. The van der Waals surface area contributed by atoms with Gasteiger partial charge in [0.15, 0.2) is 0 Å². The Morgan fingerprint density at radius 3 is 2.53 bits per heavy atom. The summed E-state index contributed by atoms with van der Waals surface area (Å²) < 4.78 is 6.40. The largest absolute Gasteiger partial charge is 0.474 e. The van der Waals surface area contributed by atoms with E-state index in [0.29, 0.717) is 40.1 Å². The number of benzene rings is 1. The third-order valence-corrected chi connectivity index (χ3v) is 7.00. The van der Waals surface area contributed by atoms with E-state index < -0.39 is 0 Å². The van der Waals surface area contributed by atoms with Crippen LogP contribution < -0.4 is 15.0 Å². The van der Waals surface area contributed by atoms with E-state index in [1.165, 1.54) is 6.33 Å². The summed E-state index contributed by atoms with van der Waals surface area (Å²) in [4.78, 5) is 20.4. The molecular weight excluding hydrogens is 450 g/mol. The van der Waals surface area contributed by atoms with Crippen LogP contribution in [0.1, 0.15) is 49.3 Å². The third kappa shape index (κ3) is 4.36. The van der Waals surface area contributed by atoms with Crippen LogP contribution in [0.5, 0.6) is 5.88 Å². The van der Waals surface area contributed by atoms with Gasteiger partial charge in [0.25, 0.3) is 0 Å². The molecule has 0 spiro atoms. The van der Waals surface area contributed by atoms with Gasteiger partial charge in [0.2, 0.25) is 11.8 Å². The minimum atomic E-state index is 0.0728. The van der Waals surface area contributed by atoms with Gasteiger partial charge in [-0.05, 0) is 49.9 Å². The number of nitrogens with zero attached hydrogens (tertiary/aromatic N) is 6. The first-order valence-electron chi connectivity index (χ1n) is 11.6. The van der Waals surface area contributed by atoms with Crippen molar-refractivity contribution in [2.75, 3.05) is 10.2 Å². The highest BCUT2D eigenvalue weighted by Gasteiger charge is 2.43. The van der Waals surface area contributed by atoms with Crippen molar-refractivity contribution >= 4 is 29.1 Å². The molecule has 2 fully saturated rings. The van der Waals surface area contributed by atoms with E-state index in [9.17, 15) is 0 Å². The topological polar surface area (TPSA) is 99.9 Å². The number of anilines is 3. The highest BCUT2D eigenvalue weighted by Crippen LogP contribution is 2.39. The minimum Gasteiger partial charge on any atom is -0.474 e. The zero-order valence-electron chi connectivity index (χ0n) is 19.2. The summed E-state index contributed by atoms with van der Waals surface area (Å²) in [5, 5.41) is 12.7. The number of halogens is 1. The fourth-order valence-corrected chi connectivity index (χ4v) is 5.09. The second-order valence-electron chi connectivity index (χ2n) is 8.83. The molecular formula is C25H26ClN7O.